The van der Waals surface area contributed by atoms with Crippen molar-refractivity contribution in [2.45, 2.75) is 94.9 Å². The standard InChI is InChI=1S/C49H55ClFN9O4/c1-56-42-11-6-34(22-44(42)60(49(56)64)43-12-13-45(62)54-47(43)63)32-16-20-58(21-17-32)28-31-14-18-57(19-15-31)27-30-2-4-33(5-3-30)41-29-59(38-7-9-39(61)10-8-38)46-40(41)26-52-48(55-46)53-37-24-35(50)23-36(51)25-37/h2-6,11,22-26,29,31-32,38-39,43,61H,7-10,12-21,27-28H2,1H3,(H,52,53,55)(H,54,62,63). The summed E-state index contributed by atoms with van der Waals surface area (Å²) in [5.74, 6) is 0.297. The molecule has 0 bridgehead atoms. The zero-order chi connectivity index (χ0) is 44.1. The first-order chi connectivity index (χ1) is 31.0. The number of aromatic nitrogens is 5. The van der Waals surface area contributed by atoms with Crippen LogP contribution >= 0.6 is 11.6 Å². The number of halogens is 2. The summed E-state index contributed by atoms with van der Waals surface area (Å²) >= 11 is 6.11. The van der Waals surface area contributed by atoms with Crippen molar-refractivity contribution >= 4 is 57.1 Å². The van der Waals surface area contributed by atoms with Gasteiger partial charge in [-0.15, -0.1) is 0 Å². The molecule has 3 aromatic carbocycles. The number of anilines is 2. The highest BCUT2D eigenvalue weighted by molar-refractivity contribution is 6.30. The maximum absolute atomic E-state index is 14.1. The Morgan fingerprint density at radius 3 is 2.34 bits per heavy atom. The monoisotopic (exact) mass is 887 g/mol. The molecule has 13 nitrogen and oxygen atoms in total. The number of imide groups is 1. The molecule has 3 N–H and O–H groups in total. The molecule has 0 radical (unpaired) electrons. The summed E-state index contributed by atoms with van der Waals surface area (Å²) in [4.78, 5) is 52.6. The van der Waals surface area contributed by atoms with E-state index >= 15 is 0 Å². The van der Waals surface area contributed by atoms with Gasteiger partial charge in [0.2, 0.25) is 17.8 Å². The third-order valence-corrected chi connectivity index (χ3v) is 14.6. The Hall–Kier alpha value is -5.41. The van der Waals surface area contributed by atoms with Crippen molar-refractivity contribution < 1.29 is 19.1 Å². The number of imidazole rings is 1. The van der Waals surface area contributed by atoms with E-state index in [1.165, 1.54) is 36.1 Å². The molecular weight excluding hydrogens is 833 g/mol. The molecule has 1 atom stereocenters. The van der Waals surface area contributed by atoms with Gasteiger partial charge in [-0.05, 0) is 143 Å². The van der Waals surface area contributed by atoms with E-state index in [2.05, 4.69) is 72.6 Å². The van der Waals surface area contributed by atoms with Crippen LogP contribution in [0.1, 0.15) is 93.3 Å². The van der Waals surface area contributed by atoms with Gasteiger partial charge in [0.15, 0.2) is 0 Å². The van der Waals surface area contributed by atoms with E-state index in [0.29, 0.717) is 34.9 Å². The van der Waals surface area contributed by atoms with Gasteiger partial charge in [-0.2, -0.15) is 4.98 Å². The number of fused-ring (bicyclic) bond motifs is 2. The Balaban J connectivity index is 0.746. The van der Waals surface area contributed by atoms with Crippen LogP contribution in [0.3, 0.4) is 0 Å². The molecule has 4 fully saturated rings. The molecule has 15 heteroatoms. The Kier molecular flexibility index (Phi) is 11.9. The Bertz CT molecular complexity index is 2740. The number of nitrogens with one attached hydrogen (secondary N) is 2. The van der Waals surface area contributed by atoms with E-state index < -0.39 is 17.8 Å². The molecule has 6 heterocycles. The van der Waals surface area contributed by atoms with Gasteiger partial charge in [-0.25, -0.2) is 14.2 Å². The number of likely N-dealkylation sites (tertiary alicyclic amines) is 2. The summed E-state index contributed by atoms with van der Waals surface area (Å²) in [6.45, 7) is 6.27. The second-order valence-electron chi connectivity index (χ2n) is 18.5. The minimum atomic E-state index is -0.680. The third-order valence-electron chi connectivity index (χ3n) is 14.3. The molecule has 6 aromatic rings. The van der Waals surface area contributed by atoms with Crippen molar-refractivity contribution in [1.82, 2.24) is 38.8 Å². The molecule has 3 aromatic heterocycles. The number of aryl methyl sites for hydroxylation is 1. The lowest BCUT2D eigenvalue weighted by Crippen LogP contribution is -2.44. The summed E-state index contributed by atoms with van der Waals surface area (Å²) in [5.41, 5.74) is 7.27. The number of carbonyl (C=O) groups excluding carboxylic acids is 2. The van der Waals surface area contributed by atoms with E-state index in [-0.39, 0.29) is 30.2 Å². The van der Waals surface area contributed by atoms with Gasteiger partial charge < -0.3 is 19.9 Å². The van der Waals surface area contributed by atoms with Gasteiger partial charge >= 0.3 is 5.69 Å². The highest BCUT2D eigenvalue weighted by Crippen LogP contribution is 2.38. The predicted octanol–water partition coefficient (Wildman–Crippen LogP) is 7.83. The van der Waals surface area contributed by atoms with Crippen LogP contribution in [0.25, 0.3) is 33.2 Å². The van der Waals surface area contributed by atoms with Gasteiger partial charge in [0.1, 0.15) is 17.5 Å². The van der Waals surface area contributed by atoms with Crippen LogP contribution in [0.2, 0.25) is 5.02 Å². The number of rotatable bonds is 10. The number of hydrogen-bond acceptors (Lipinski definition) is 9. The fourth-order valence-electron chi connectivity index (χ4n) is 10.7. The number of aliphatic hydroxyl groups is 1. The summed E-state index contributed by atoms with van der Waals surface area (Å²) in [5, 5.41) is 17.0. The van der Waals surface area contributed by atoms with E-state index in [0.717, 1.165) is 111 Å². The Morgan fingerprint density at radius 1 is 0.859 bits per heavy atom. The number of aliphatic hydroxyl groups excluding tert-OH is 1. The molecule has 1 aliphatic carbocycles. The van der Waals surface area contributed by atoms with E-state index in [1.54, 1.807) is 22.2 Å². The average molecular weight is 888 g/mol. The van der Waals surface area contributed by atoms with Crippen LogP contribution in [-0.2, 0) is 23.2 Å². The Morgan fingerprint density at radius 2 is 1.61 bits per heavy atom. The molecule has 3 saturated heterocycles. The zero-order valence-electron chi connectivity index (χ0n) is 36.2. The van der Waals surface area contributed by atoms with Gasteiger partial charge in [-0.3, -0.25) is 28.9 Å². The maximum atomic E-state index is 14.1. The third kappa shape index (κ3) is 8.72. The number of hydrogen-bond donors (Lipinski definition) is 3. The Labute approximate surface area is 376 Å². The summed E-state index contributed by atoms with van der Waals surface area (Å²) < 4.78 is 19.5. The van der Waals surface area contributed by atoms with Crippen molar-refractivity contribution in [1.29, 1.82) is 0 Å². The van der Waals surface area contributed by atoms with Gasteiger partial charge in [0, 0.05) is 66.7 Å². The summed E-state index contributed by atoms with van der Waals surface area (Å²) in [7, 11) is 1.74. The molecule has 3 aliphatic heterocycles. The first kappa shape index (κ1) is 42.5. The topological polar surface area (TPSA) is 143 Å². The first-order valence-electron chi connectivity index (χ1n) is 22.9. The molecule has 64 heavy (non-hydrogen) atoms. The summed E-state index contributed by atoms with van der Waals surface area (Å²) in [6.07, 6.45) is 12.0. The van der Waals surface area contributed by atoms with Crippen molar-refractivity contribution in [3.63, 3.8) is 0 Å². The lowest BCUT2D eigenvalue weighted by Gasteiger charge is -2.38. The smallest absolute Gasteiger partial charge is 0.329 e. The molecule has 1 unspecified atom stereocenters. The van der Waals surface area contributed by atoms with E-state index in [4.69, 9.17) is 16.6 Å². The lowest BCUT2D eigenvalue weighted by atomic mass is 9.88. The SMILES string of the molecule is Cn1c(=O)n(C2CCC(=O)NC2=O)c2cc(C3CCN(CC4CCN(Cc5ccc(-c6cn(C7CCC(O)CC7)c7nc(Nc8cc(F)cc(Cl)c8)ncc67)cc5)CC4)CC3)ccc21. The largest absolute Gasteiger partial charge is 0.393 e. The van der Waals surface area contributed by atoms with E-state index in [9.17, 15) is 23.9 Å². The van der Waals surface area contributed by atoms with Crippen LogP contribution in [0, 0.1) is 11.7 Å². The minimum absolute atomic E-state index is 0.202. The van der Waals surface area contributed by atoms with Crippen LogP contribution < -0.4 is 16.3 Å². The zero-order valence-corrected chi connectivity index (χ0v) is 36.9. The quantitative estimate of drug-likeness (QED) is 0.117. The predicted molar refractivity (Wildman–Crippen MR) is 246 cm³/mol. The molecule has 1 saturated carbocycles. The fourth-order valence-corrected chi connectivity index (χ4v) is 11.0. The fraction of sp³-hybridized carbons (Fsp3) is 0.449. The van der Waals surface area contributed by atoms with Gasteiger partial charge in [0.05, 0.1) is 17.1 Å². The number of nitrogens with zero attached hydrogens (tertiary/aromatic N) is 7. The summed E-state index contributed by atoms with van der Waals surface area (Å²) in [6, 6.07) is 18.9. The number of piperidine rings is 3. The van der Waals surface area contributed by atoms with Gasteiger partial charge in [0.25, 0.3) is 0 Å². The molecule has 4 aliphatic rings. The van der Waals surface area contributed by atoms with Crippen molar-refractivity contribution in [2.75, 3.05) is 38.0 Å². The van der Waals surface area contributed by atoms with Crippen molar-refractivity contribution in [3.05, 3.63) is 106 Å². The molecule has 2 amide bonds. The number of carbonyl (C=O) groups is 2. The first-order valence-corrected chi connectivity index (χ1v) is 23.3. The van der Waals surface area contributed by atoms with Crippen molar-refractivity contribution in [2.24, 2.45) is 13.0 Å². The van der Waals surface area contributed by atoms with Gasteiger partial charge in [-0.1, -0.05) is 41.9 Å². The molecular formula is C49H55ClFN9O4. The van der Waals surface area contributed by atoms with E-state index in [1.807, 2.05) is 12.3 Å². The highest BCUT2D eigenvalue weighted by atomic mass is 35.5. The highest BCUT2D eigenvalue weighted by Gasteiger charge is 2.32. The van der Waals surface area contributed by atoms with Crippen LogP contribution in [0.5, 0.6) is 0 Å². The average Bonchev–Trinajstić information content (AvgIpc) is 3.78. The van der Waals surface area contributed by atoms with Crippen LogP contribution in [-0.4, -0.2) is 89.2 Å². The number of benzene rings is 3. The van der Waals surface area contributed by atoms with Crippen molar-refractivity contribution in [3.8, 4) is 11.1 Å². The van der Waals surface area contributed by atoms with Crippen LogP contribution in [0.4, 0.5) is 16.0 Å². The normalized spacial score (nSPS) is 22.1. The minimum Gasteiger partial charge on any atom is -0.393 e. The second-order valence-corrected chi connectivity index (χ2v) is 19.0. The van der Waals surface area contributed by atoms with Crippen LogP contribution in [0.15, 0.2) is 77.9 Å². The maximum Gasteiger partial charge on any atom is 0.329 e. The molecule has 10 rings (SSSR count). The molecule has 0 spiro atoms. The second kappa shape index (κ2) is 17.9. The lowest BCUT2D eigenvalue weighted by molar-refractivity contribution is -0.135. The number of amides is 2. The molecule has 334 valence electrons.